The fourth-order valence-corrected chi connectivity index (χ4v) is 4.23. The Labute approximate surface area is 136 Å². The number of hydrogen-bond acceptors (Lipinski definition) is 6. The van der Waals surface area contributed by atoms with E-state index in [1.807, 2.05) is 0 Å². The number of halogens is 1. The fourth-order valence-electron chi connectivity index (χ4n) is 2.63. The molecule has 24 heavy (non-hydrogen) atoms. The van der Waals surface area contributed by atoms with Crippen molar-refractivity contribution in [3.63, 3.8) is 0 Å². The van der Waals surface area contributed by atoms with Crippen LogP contribution >= 0.6 is 0 Å². The largest absolute Gasteiger partial charge is 0.488 e. The van der Waals surface area contributed by atoms with Gasteiger partial charge in [-0.15, -0.1) is 0 Å². The Hall–Kier alpha value is -2.27. The van der Waals surface area contributed by atoms with Gasteiger partial charge in [0.2, 0.25) is 15.8 Å². The highest BCUT2D eigenvalue weighted by atomic mass is 32.2. The zero-order chi connectivity index (χ0) is 18.2. The molecule has 0 bridgehead atoms. The summed E-state index contributed by atoms with van der Waals surface area (Å²) in [5.74, 6) is -4.32. The van der Waals surface area contributed by atoms with E-state index in [-0.39, 0.29) is 13.1 Å². The van der Waals surface area contributed by atoms with Crippen molar-refractivity contribution >= 4 is 21.7 Å². The van der Waals surface area contributed by atoms with E-state index in [0.29, 0.717) is 12.1 Å². The number of rotatable bonds is 5. The van der Waals surface area contributed by atoms with Gasteiger partial charge in [0.25, 0.3) is 0 Å². The first-order valence-corrected chi connectivity index (χ1v) is 8.28. The first-order chi connectivity index (χ1) is 11.1. The molecule has 11 heteroatoms. The standard InChI is InChI=1S/C13H15FN2O7S/c1-7-5-15(6-9(7)13(17)18)24(21,22)8-3-10(14)12(23-2)11(4-8)16(19)20/h3-4,7,9H,5-6H2,1-2H3,(H,17,18)/t7-,9-/m1/s1. The highest BCUT2D eigenvalue weighted by Crippen LogP contribution is 2.35. The summed E-state index contributed by atoms with van der Waals surface area (Å²) in [7, 11) is -3.24. The van der Waals surface area contributed by atoms with E-state index < -0.39 is 54.9 Å². The topological polar surface area (TPSA) is 127 Å². The van der Waals surface area contributed by atoms with Crippen LogP contribution in [0.1, 0.15) is 6.92 Å². The third-order valence-electron chi connectivity index (χ3n) is 3.93. The second-order valence-electron chi connectivity index (χ2n) is 5.46. The number of carboxylic acids is 1. The summed E-state index contributed by atoms with van der Waals surface area (Å²) in [4.78, 5) is 20.5. The molecule has 1 aliphatic heterocycles. The molecule has 1 saturated heterocycles. The van der Waals surface area contributed by atoms with Gasteiger partial charge in [-0.1, -0.05) is 6.92 Å². The number of carbonyl (C=O) groups is 1. The number of benzene rings is 1. The maximum atomic E-state index is 14.0. The number of nitrogens with zero attached hydrogens (tertiary/aromatic N) is 2. The molecule has 2 rings (SSSR count). The summed E-state index contributed by atoms with van der Waals surface area (Å²) in [6.07, 6.45) is 0. The highest BCUT2D eigenvalue weighted by molar-refractivity contribution is 7.89. The lowest BCUT2D eigenvalue weighted by molar-refractivity contribution is -0.386. The lowest BCUT2D eigenvalue weighted by atomic mass is 9.99. The van der Waals surface area contributed by atoms with Crippen LogP contribution in [0.3, 0.4) is 0 Å². The molecule has 2 atom stereocenters. The monoisotopic (exact) mass is 362 g/mol. The Kier molecular flexibility index (Phi) is 4.76. The third-order valence-corrected chi connectivity index (χ3v) is 5.74. The predicted molar refractivity (Wildman–Crippen MR) is 78.7 cm³/mol. The average molecular weight is 362 g/mol. The van der Waals surface area contributed by atoms with E-state index in [9.17, 15) is 27.7 Å². The van der Waals surface area contributed by atoms with Crippen molar-refractivity contribution in [3.05, 3.63) is 28.1 Å². The zero-order valence-electron chi connectivity index (χ0n) is 12.8. The lowest BCUT2D eigenvalue weighted by Gasteiger charge is -2.16. The van der Waals surface area contributed by atoms with Gasteiger partial charge >= 0.3 is 11.7 Å². The minimum Gasteiger partial charge on any atom is -0.488 e. The van der Waals surface area contributed by atoms with Gasteiger partial charge in [0.1, 0.15) is 0 Å². The van der Waals surface area contributed by atoms with E-state index in [0.717, 1.165) is 11.4 Å². The van der Waals surface area contributed by atoms with Crippen molar-refractivity contribution in [2.45, 2.75) is 11.8 Å². The molecule has 1 heterocycles. The van der Waals surface area contributed by atoms with Crippen LogP contribution in [0, 0.1) is 27.8 Å². The Balaban J connectivity index is 2.48. The highest BCUT2D eigenvalue weighted by Gasteiger charge is 2.41. The smallest absolute Gasteiger partial charge is 0.315 e. The van der Waals surface area contributed by atoms with E-state index in [1.54, 1.807) is 6.92 Å². The second kappa shape index (κ2) is 6.32. The molecule has 132 valence electrons. The van der Waals surface area contributed by atoms with Gasteiger partial charge in [-0.2, -0.15) is 4.31 Å². The molecule has 1 N–H and O–H groups in total. The van der Waals surface area contributed by atoms with Gasteiger partial charge in [-0.25, -0.2) is 12.8 Å². The van der Waals surface area contributed by atoms with Gasteiger partial charge in [0, 0.05) is 19.2 Å². The van der Waals surface area contributed by atoms with Crippen LogP contribution in [-0.4, -0.2) is 48.9 Å². The van der Waals surface area contributed by atoms with Crippen LogP contribution in [0.4, 0.5) is 10.1 Å². The van der Waals surface area contributed by atoms with Gasteiger partial charge in [0.15, 0.2) is 5.82 Å². The molecule has 0 aliphatic carbocycles. The molecule has 1 aromatic rings. The molecule has 1 aliphatic rings. The van der Waals surface area contributed by atoms with Crippen LogP contribution in [0.15, 0.2) is 17.0 Å². The Morgan fingerprint density at radius 3 is 2.54 bits per heavy atom. The van der Waals surface area contributed by atoms with Crippen molar-refractivity contribution in [1.82, 2.24) is 4.31 Å². The Morgan fingerprint density at radius 1 is 1.46 bits per heavy atom. The van der Waals surface area contributed by atoms with Crippen LogP contribution in [-0.2, 0) is 14.8 Å². The zero-order valence-corrected chi connectivity index (χ0v) is 13.6. The summed E-state index contributed by atoms with van der Waals surface area (Å²) >= 11 is 0. The summed E-state index contributed by atoms with van der Waals surface area (Å²) in [5, 5.41) is 20.1. The number of sulfonamides is 1. The fraction of sp³-hybridized carbons (Fsp3) is 0.462. The average Bonchev–Trinajstić information content (AvgIpc) is 2.89. The first-order valence-electron chi connectivity index (χ1n) is 6.84. The molecular formula is C13H15FN2O7S. The first kappa shape index (κ1) is 18.1. The summed E-state index contributed by atoms with van der Waals surface area (Å²) in [5.41, 5.74) is -0.821. The van der Waals surface area contributed by atoms with Crippen molar-refractivity contribution in [2.24, 2.45) is 11.8 Å². The van der Waals surface area contributed by atoms with Crippen molar-refractivity contribution in [2.75, 3.05) is 20.2 Å². The van der Waals surface area contributed by atoms with Crippen LogP contribution in [0.25, 0.3) is 0 Å². The van der Waals surface area contributed by atoms with Crippen LogP contribution in [0.2, 0.25) is 0 Å². The van der Waals surface area contributed by atoms with Gasteiger partial charge in [-0.05, 0) is 12.0 Å². The van der Waals surface area contributed by atoms with Crippen molar-refractivity contribution in [1.29, 1.82) is 0 Å². The maximum absolute atomic E-state index is 14.0. The van der Waals surface area contributed by atoms with Gasteiger partial charge < -0.3 is 9.84 Å². The molecule has 0 amide bonds. The Morgan fingerprint density at radius 2 is 2.08 bits per heavy atom. The molecule has 1 aromatic carbocycles. The molecule has 9 nitrogen and oxygen atoms in total. The lowest BCUT2D eigenvalue weighted by Crippen LogP contribution is -2.30. The minimum atomic E-state index is -4.27. The minimum absolute atomic E-state index is 0.0687. The molecule has 0 radical (unpaired) electrons. The normalized spacial score (nSPS) is 21.6. The number of ether oxygens (including phenoxy) is 1. The van der Waals surface area contributed by atoms with E-state index in [4.69, 9.17) is 5.11 Å². The van der Waals surface area contributed by atoms with E-state index >= 15 is 0 Å². The van der Waals surface area contributed by atoms with E-state index in [2.05, 4.69) is 4.74 Å². The molecule has 0 spiro atoms. The summed E-state index contributed by atoms with van der Waals surface area (Å²) < 4.78 is 44.6. The Bertz CT molecular complexity index is 796. The van der Waals surface area contributed by atoms with Crippen molar-refractivity contribution < 1.29 is 32.4 Å². The molecule has 0 aromatic heterocycles. The number of aliphatic carboxylic acids is 1. The third kappa shape index (κ3) is 3.04. The van der Waals surface area contributed by atoms with Crippen molar-refractivity contribution in [3.8, 4) is 5.75 Å². The quantitative estimate of drug-likeness (QED) is 0.613. The SMILES string of the molecule is COc1c(F)cc(S(=O)(=O)N2C[C@@H](C)[C@H](C(=O)O)C2)cc1[N+](=O)[O-]. The van der Waals surface area contributed by atoms with E-state index in [1.165, 1.54) is 0 Å². The molecule has 0 saturated carbocycles. The number of methoxy groups -OCH3 is 1. The predicted octanol–water partition coefficient (Wildman–Crippen LogP) is 1.08. The molecule has 0 unspecified atom stereocenters. The van der Waals surface area contributed by atoms with Crippen LogP contribution in [0.5, 0.6) is 5.75 Å². The van der Waals surface area contributed by atoms with Gasteiger partial charge in [-0.3, -0.25) is 14.9 Å². The number of nitro benzene ring substituents is 1. The maximum Gasteiger partial charge on any atom is 0.315 e. The number of nitro groups is 1. The van der Waals surface area contributed by atoms with Gasteiger partial charge in [0.05, 0.1) is 22.8 Å². The number of carboxylic acid groups (broad SMARTS) is 1. The molecular weight excluding hydrogens is 347 g/mol. The number of hydrogen-bond donors (Lipinski definition) is 1. The summed E-state index contributed by atoms with van der Waals surface area (Å²) in [6, 6.07) is 1.33. The summed E-state index contributed by atoms with van der Waals surface area (Å²) in [6.45, 7) is 1.24. The molecule has 1 fully saturated rings. The van der Waals surface area contributed by atoms with Crippen LogP contribution < -0.4 is 4.74 Å². The second-order valence-corrected chi connectivity index (χ2v) is 7.40.